The number of benzene rings is 6. The van der Waals surface area contributed by atoms with Gasteiger partial charge in [0, 0.05) is 91.2 Å². The van der Waals surface area contributed by atoms with Gasteiger partial charge in [0.05, 0.1) is 126 Å². The van der Waals surface area contributed by atoms with Gasteiger partial charge in [0.2, 0.25) is 0 Å². The highest BCUT2D eigenvalue weighted by molar-refractivity contribution is 5.82. The average Bonchev–Trinajstić information content (AvgIpc) is 1.38. The predicted octanol–water partition coefficient (Wildman–Crippen LogP) is 21.2. The molecule has 8 aliphatic rings. The molecule has 722 valence electrons. The summed E-state index contributed by atoms with van der Waals surface area (Å²) in [7, 11) is 8.48. The van der Waals surface area contributed by atoms with Gasteiger partial charge in [0.1, 0.15) is 64.6 Å². The minimum atomic E-state index is -4.55. The van der Waals surface area contributed by atoms with Gasteiger partial charge in [-0.05, 0) is 242 Å². The van der Waals surface area contributed by atoms with Crippen LogP contribution in [0.25, 0.3) is 33.4 Å². The van der Waals surface area contributed by atoms with Gasteiger partial charge in [0.25, 0.3) is 0 Å². The number of halogens is 11. The molecule has 6 atom stereocenters. The summed E-state index contributed by atoms with van der Waals surface area (Å²) in [6, 6.07) is 30.6. The van der Waals surface area contributed by atoms with Crippen LogP contribution in [0.2, 0.25) is 0 Å². The fourth-order valence-corrected chi connectivity index (χ4v) is 18.9. The van der Waals surface area contributed by atoms with E-state index in [0.717, 1.165) is 135 Å². The van der Waals surface area contributed by atoms with Crippen LogP contribution >= 0.6 is 0 Å². The van der Waals surface area contributed by atoms with Crippen LogP contribution in [0, 0.1) is 51.2 Å². The molecule has 17 rings (SSSR count). The number of rotatable bonds is 25. The van der Waals surface area contributed by atoms with Crippen LogP contribution in [0.5, 0.6) is 17.2 Å². The Labute approximate surface area is 779 Å². The molecule has 8 fully saturated rings. The van der Waals surface area contributed by atoms with Gasteiger partial charge in [-0.1, -0.05) is 41.0 Å². The van der Waals surface area contributed by atoms with Crippen molar-refractivity contribution in [2.75, 3.05) is 96.6 Å². The van der Waals surface area contributed by atoms with Gasteiger partial charge in [-0.25, -0.2) is 38.1 Å². The number of aryl methyl sites for hydroxylation is 5. The Morgan fingerprint density at radius 2 is 0.765 bits per heavy atom. The number of anilines is 3. The van der Waals surface area contributed by atoms with Gasteiger partial charge < -0.3 is 57.3 Å². The third-order valence-corrected chi connectivity index (χ3v) is 27.0. The number of ether oxygens (including phenoxy) is 9. The lowest BCUT2D eigenvalue weighted by Gasteiger charge is -2.34. The van der Waals surface area contributed by atoms with Crippen molar-refractivity contribution in [1.82, 2.24) is 29.7 Å². The van der Waals surface area contributed by atoms with Crippen LogP contribution in [-0.2, 0) is 87.4 Å². The number of alkyl halides is 9. The number of hydrogen-bond donors (Lipinski definition) is 0. The zero-order chi connectivity index (χ0) is 97.6. The highest BCUT2D eigenvalue weighted by Gasteiger charge is 2.48. The first-order chi connectivity index (χ1) is 64.6. The van der Waals surface area contributed by atoms with E-state index in [0.29, 0.717) is 111 Å². The number of esters is 3. The van der Waals surface area contributed by atoms with Crippen molar-refractivity contribution in [2.24, 2.45) is 11.8 Å². The molecule has 136 heavy (non-hydrogen) atoms. The molecule has 2 aliphatic carbocycles. The number of methoxy groups -OCH3 is 6. The number of nitrogens with zero attached hydrogens (tertiary/aromatic N) is 9. The molecular formula is C101H106F11N9O15. The third-order valence-electron chi connectivity index (χ3n) is 27.0. The maximum atomic E-state index is 15.3. The summed E-state index contributed by atoms with van der Waals surface area (Å²) < 4.78 is 201. The zero-order valence-corrected chi connectivity index (χ0v) is 77.4. The molecule has 0 unspecified atom stereocenters. The molecule has 3 aromatic heterocycles. The second-order valence-electron chi connectivity index (χ2n) is 35.9. The first-order valence-electron chi connectivity index (χ1n) is 45.0. The van der Waals surface area contributed by atoms with Crippen molar-refractivity contribution < 1.29 is 120 Å². The van der Waals surface area contributed by atoms with Crippen LogP contribution in [0.4, 0.5) is 80.1 Å². The Kier molecular flexibility index (Phi) is 28.5. The van der Waals surface area contributed by atoms with Gasteiger partial charge in [-0.3, -0.25) is 29.1 Å². The van der Waals surface area contributed by atoms with E-state index in [4.69, 9.17) is 57.6 Å². The molecule has 0 N–H and O–H groups in total. The second-order valence-corrected chi connectivity index (χ2v) is 35.9. The van der Waals surface area contributed by atoms with E-state index in [1.54, 1.807) is 79.0 Å². The van der Waals surface area contributed by atoms with Crippen molar-refractivity contribution in [1.29, 1.82) is 0 Å². The molecule has 6 aromatic carbocycles. The molecule has 2 saturated carbocycles. The van der Waals surface area contributed by atoms with Crippen LogP contribution in [0.1, 0.15) is 192 Å². The first kappa shape index (κ1) is 97.6. The summed E-state index contributed by atoms with van der Waals surface area (Å²) in [6.07, 6.45) is -12.7. The van der Waals surface area contributed by atoms with Gasteiger partial charge in [0.15, 0.2) is 0 Å². The Bertz CT molecular complexity index is 5810. The SMILES string of the molecule is COC(=O)C1CC(c2cc(-c3ccc(N4CCC4)nc3CN3C(=O)O[C@H](c4cc(C)cc(C(F)(F)F)c4)[C@@H]3C)c(OC)cc2F)C1.COC(=O)C1CC(c2cc(-c3ccc(N4CCC4)nc3CN3C(=O)O[C@H](c4cc(C)cc(C(F)(F)F)c4)[C@@H]3C)c(OC)cc2F)C1.COC(=O)CCc1ccc(OC)c(-c2c(C)cc(N3CCC3)nc2CN2C(=O)O[C@H](c3cc(C)cc(C(F)(F)F)c3)[C@@H]2C)c1. The Balaban J connectivity index is 0.000000155. The Hall–Kier alpha value is -13.0. The van der Waals surface area contributed by atoms with Crippen molar-refractivity contribution in [3.63, 3.8) is 0 Å². The van der Waals surface area contributed by atoms with Crippen LogP contribution in [-0.4, -0.2) is 166 Å². The van der Waals surface area contributed by atoms with E-state index in [1.807, 2.05) is 55.5 Å². The number of carbonyl (C=O) groups excluding carboxylic acids is 6. The lowest BCUT2D eigenvalue weighted by Crippen LogP contribution is -2.38. The zero-order valence-electron chi connectivity index (χ0n) is 77.4. The summed E-state index contributed by atoms with van der Waals surface area (Å²) in [4.78, 5) is 101. The molecule has 6 aliphatic heterocycles. The molecule has 35 heteroatoms. The minimum Gasteiger partial charge on any atom is -0.496 e. The monoisotopic (exact) mass is 1890 g/mol. The minimum absolute atomic E-state index is 0.00480. The molecule has 9 aromatic rings. The summed E-state index contributed by atoms with van der Waals surface area (Å²) in [5, 5.41) is 0. The molecule has 0 radical (unpaired) electrons. The summed E-state index contributed by atoms with van der Waals surface area (Å²) >= 11 is 0. The van der Waals surface area contributed by atoms with E-state index in [-0.39, 0.29) is 90.3 Å². The van der Waals surface area contributed by atoms with E-state index in [1.165, 1.54) is 62.4 Å². The van der Waals surface area contributed by atoms with Crippen LogP contribution in [0.3, 0.4) is 0 Å². The van der Waals surface area contributed by atoms with Crippen molar-refractivity contribution in [3.8, 4) is 50.6 Å². The predicted molar refractivity (Wildman–Crippen MR) is 480 cm³/mol. The maximum absolute atomic E-state index is 15.3. The molecule has 0 bridgehead atoms. The topological polar surface area (TPSA) is 244 Å². The number of pyridine rings is 3. The van der Waals surface area contributed by atoms with Crippen LogP contribution in [0.15, 0.2) is 127 Å². The highest BCUT2D eigenvalue weighted by atomic mass is 19.4. The lowest BCUT2D eigenvalue weighted by molar-refractivity contribution is -0.149. The molecule has 0 spiro atoms. The smallest absolute Gasteiger partial charge is 0.416 e. The number of aromatic nitrogens is 3. The highest BCUT2D eigenvalue weighted by Crippen LogP contribution is 2.52. The van der Waals surface area contributed by atoms with E-state index < -0.39 is 102 Å². The molecule has 24 nitrogen and oxygen atoms in total. The number of amides is 3. The van der Waals surface area contributed by atoms with Crippen molar-refractivity contribution in [3.05, 3.63) is 228 Å². The van der Waals surface area contributed by atoms with E-state index >= 15 is 8.78 Å². The largest absolute Gasteiger partial charge is 0.496 e. The fourth-order valence-electron chi connectivity index (χ4n) is 18.9. The van der Waals surface area contributed by atoms with Gasteiger partial charge in [-0.15, -0.1) is 0 Å². The maximum Gasteiger partial charge on any atom is 0.416 e. The van der Waals surface area contributed by atoms with Crippen LogP contribution < -0.4 is 28.9 Å². The van der Waals surface area contributed by atoms with Crippen molar-refractivity contribution in [2.45, 2.75) is 193 Å². The third kappa shape index (κ3) is 20.6. The Morgan fingerprint density at radius 1 is 0.404 bits per heavy atom. The summed E-state index contributed by atoms with van der Waals surface area (Å²) in [6.45, 7) is 17.1. The van der Waals surface area contributed by atoms with E-state index in [9.17, 15) is 68.3 Å². The number of carbonyl (C=O) groups is 6. The molecular weight excluding hydrogens is 1790 g/mol. The number of cyclic esters (lactones) is 3. The average molecular weight is 1890 g/mol. The quantitative estimate of drug-likeness (QED) is 0.0293. The first-order valence-corrected chi connectivity index (χ1v) is 45.0. The normalized spacial score (nSPS) is 21.2. The number of hydrogen-bond acceptors (Lipinski definition) is 21. The lowest BCUT2D eigenvalue weighted by atomic mass is 9.71. The molecule has 3 amide bonds. The molecule has 9 heterocycles. The Morgan fingerprint density at radius 3 is 1.10 bits per heavy atom. The van der Waals surface area contributed by atoms with Gasteiger partial charge >= 0.3 is 54.7 Å². The summed E-state index contributed by atoms with van der Waals surface area (Å²) in [5.74, 6) is 0.599. The second kappa shape index (κ2) is 39.8. The van der Waals surface area contributed by atoms with Crippen molar-refractivity contribution >= 4 is 53.6 Å². The summed E-state index contributed by atoms with van der Waals surface area (Å²) in [5.41, 5.74) is 7.90. The fraction of sp³-hybridized carbons (Fsp3) is 0.436. The van der Waals surface area contributed by atoms with E-state index in [2.05, 4.69) is 14.7 Å². The standard InChI is InChI=1S/2C34H35F4N3O5.C33H36F3N3O5/c2*1-18-10-21(14-23(11-18)34(36,37)38)31-19(2)41(33(43)46-31)17-28-24(6-7-30(39-28)40-8-5-9-40)26-15-25(27(35)16-29(26)44-3)20-12-22(13-20)32(42)45-4;1-19-13-23(17-24(14-19)33(34,35)36)31-21(3)39(32(41)44-31)18-26-30(20(2)15-28(37-26)38-11-6-12-38)25-16-22(7-9-27(25)42-4)8-10-29(40)43-5/h2*6-7,10-11,14-16,19-20,22,31H,5,8-9,12-13,17H2,1-4H3;7,9,13-17,21,31H,6,8,10-12,18H2,1-5H3/t2*19-,20?,22?,31-;21-,31-/m000/s1. The van der Waals surface area contributed by atoms with Gasteiger partial charge in [-0.2, -0.15) is 39.5 Å². The molecule has 6 saturated heterocycles.